The minimum absolute atomic E-state index is 0.0256. The number of hydrogen-bond donors (Lipinski definition) is 2. The fraction of sp³-hybridized carbons (Fsp3) is 0.143. The number of thiazole rings is 1. The Bertz CT molecular complexity index is 1740. The van der Waals surface area contributed by atoms with Crippen molar-refractivity contribution in [1.29, 1.82) is 0 Å². The van der Waals surface area contributed by atoms with Crippen LogP contribution in [0.2, 0.25) is 0 Å². The van der Waals surface area contributed by atoms with E-state index in [0.717, 1.165) is 39.9 Å². The minimum atomic E-state index is -4.46. The Morgan fingerprint density at radius 2 is 1.72 bits per heavy atom. The molecule has 200 valence electrons. The van der Waals surface area contributed by atoms with Crippen LogP contribution in [0.3, 0.4) is 0 Å². The van der Waals surface area contributed by atoms with Crippen LogP contribution in [0.1, 0.15) is 16.7 Å². The van der Waals surface area contributed by atoms with Crippen LogP contribution in [-0.2, 0) is 27.2 Å². The predicted octanol–water partition coefficient (Wildman–Crippen LogP) is 6.64. The summed E-state index contributed by atoms with van der Waals surface area (Å²) in [5.74, 6) is -0.755. The van der Waals surface area contributed by atoms with Gasteiger partial charge in [-0.2, -0.15) is 13.2 Å². The summed E-state index contributed by atoms with van der Waals surface area (Å²) in [5.41, 5.74) is 2.38. The number of nitrogens with one attached hydrogen (secondary N) is 2. The van der Waals surface area contributed by atoms with Crippen LogP contribution in [0.5, 0.6) is 0 Å². The SMILES string of the molecule is Cc1ccc(S(=O)(=O)C(Cc2c[nH]c3ccccc23)C(=O)Nc2nc(-c3ccc(C(F)(F)F)cc3)cs2)cc1. The molecule has 0 spiro atoms. The van der Waals surface area contributed by atoms with Crippen LogP contribution >= 0.6 is 11.3 Å². The number of hydrogen-bond acceptors (Lipinski definition) is 5. The molecular weight excluding hydrogens is 547 g/mol. The van der Waals surface area contributed by atoms with Crippen LogP contribution in [0.25, 0.3) is 22.2 Å². The number of rotatable bonds is 7. The van der Waals surface area contributed by atoms with Crippen molar-refractivity contribution in [3.8, 4) is 11.3 Å². The molecule has 2 aromatic heterocycles. The van der Waals surface area contributed by atoms with Crippen molar-refractivity contribution in [3.63, 3.8) is 0 Å². The van der Waals surface area contributed by atoms with Crippen molar-refractivity contribution in [1.82, 2.24) is 9.97 Å². The van der Waals surface area contributed by atoms with Crippen molar-refractivity contribution in [2.45, 2.75) is 29.7 Å². The maximum Gasteiger partial charge on any atom is 0.416 e. The lowest BCUT2D eigenvalue weighted by Crippen LogP contribution is -2.37. The lowest BCUT2D eigenvalue weighted by molar-refractivity contribution is -0.137. The van der Waals surface area contributed by atoms with E-state index in [1.165, 1.54) is 24.3 Å². The molecule has 0 aliphatic carbocycles. The zero-order valence-electron chi connectivity index (χ0n) is 20.5. The molecule has 0 radical (unpaired) electrons. The second-order valence-electron chi connectivity index (χ2n) is 9.01. The molecule has 0 aliphatic heterocycles. The average molecular weight is 570 g/mol. The molecule has 1 amide bonds. The summed E-state index contributed by atoms with van der Waals surface area (Å²) < 4.78 is 66.1. The molecule has 0 aliphatic rings. The van der Waals surface area contributed by atoms with Gasteiger partial charge in [0.2, 0.25) is 5.91 Å². The number of carbonyl (C=O) groups is 1. The van der Waals surface area contributed by atoms with Crippen molar-refractivity contribution in [2.75, 3.05) is 5.32 Å². The number of alkyl halides is 3. The number of sulfone groups is 1. The topological polar surface area (TPSA) is 91.9 Å². The van der Waals surface area contributed by atoms with Gasteiger partial charge in [0.15, 0.2) is 15.0 Å². The highest BCUT2D eigenvalue weighted by atomic mass is 32.2. The smallest absolute Gasteiger partial charge is 0.361 e. The molecule has 39 heavy (non-hydrogen) atoms. The van der Waals surface area contributed by atoms with E-state index in [9.17, 15) is 26.4 Å². The highest BCUT2D eigenvalue weighted by Gasteiger charge is 2.35. The first-order chi connectivity index (χ1) is 18.5. The molecule has 6 nitrogen and oxygen atoms in total. The van der Waals surface area contributed by atoms with E-state index in [1.54, 1.807) is 23.7 Å². The molecule has 11 heteroatoms. The molecule has 1 unspecified atom stereocenters. The summed E-state index contributed by atoms with van der Waals surface area (Å²) in [6.45, 7) is 1.84. The number of aromatic amines is 1. The number of para-hydroxylation sites is 1. The van der Waals surface area contributed by atoms with E-state index in [-0.39, 0.29) is 16.4 Å². The second kappa shape index (κ2) is 10.3. The number of H-pyrrole nitrogens is 1. The van der Waals surface area contributed by atoms with E-state index in [2.05, 4.69) is 15.3 Å². The third-order valence-corrected chi connectivity index (χ3v) is 9.16. The number of halogens is 3. The van der Waals surface area contributed by atoms with Gasteiger partial charge in [-0.25, -0.2) is 13.4 Å². The lowest BCUT2D eigenvalue weighted by atomic mass is 10.1. The minimum Gasteiger partial charge on any atom is -0.361 e. The first-order valence-corrected chi connectivity index (χ1v) is 14.2. The summed E-state index contributed by atoms with van der Waals surface area (Å²) in [7, 11) is -4.10. The molecule has 3 aromatic carbocycles. The standard InChI is InChI=1S/C28H22F3N3O3S2/c1-17-6-12-21(13-7-17)39(36,37)25(14-19-15-32-23-5-3-2-4-22(19)23)26(35)34-27-33-24(16-38-27)18-8-10-20(11-9-18)28(29,30)31/h2-13,15-16,25,32H,14H2,1H3,(H,33,34,35). The summed E-state index contributed by atoms with van der Waals surface area (Å²) in [6.07, 6.45) is -2.84. The molecule has 0 saturated heterocycles. The van der Waals surface area contributed by atoms with Gasteiger partial charge in [0.05, 0.1) is 16.2 Å². The predicted molar refractivity (Wildman–Crippen MR) is 145 cm³/mol. The number of amides is 1. The van der Waals surface area contributed by atoms with Crippen LogP contribution in [-0.4, -0.2) is 29.5 Å². The quantitative estimate of drug-likeness (QED) is 0.230. The van der Waals surface area contributed by atoms with Gasteiger partial charge in [-0.15, -0.1) is 11.3 Å². The number of aromatic nitrogens is 2. The Balaban J connectivity index is 1.44. The average Bonchev–Trinajstić information content (AvgIpc) is 3.54. The molecule has 0 bridgehead atoms. The zero-order chi connectivity index (χ0) is 27.8. The summed E-state index contributed by atoms with van der Waals surface area (Å²) in [4.78, 5) is 21.0. The number of benzene rings is 3. The number of fused-ring (bicyclic) bond motifs is 1. The molecule has 5 rings (SSSR count). The van der Waals surface area contributed by atoms with E-state index in [4.69, 9.17) is 0 Å². The number of anilines is 1. The Kier molecular flexibility index (Phi) is 7.04. The maximum atomic E-state index is 13.7. The molecular formula is C28H22F3N3O3S2. The van der Waals surface area contributed by atoms with E-state index in [1.807, 2.05) is 31.2 Å². The largest absolute Gasteiger partial charge is 0.416 e. The van der Waals surface area contributed by atoms with Crippen LogP contribution in [0, 0.1) is 6.92 Å². The van der Waals surface area contributed by atoms with Crippen molar-refractivity contribution in [3.05, 3.63) is 101 Å². The third kappa shape index (κ3) is 5.59. The zero-order valence-corrected chi connectivity index (χ0v) is 22.1. The van der Waals surface area contributed by atoms with E-state index >= 15 is 0 Å². The highest BCUT2D eigenvalue weighted by Crippen LogP contribution is 2.32. The Labute approximate surface area is 226 Å². The Morgan fingerprint density at radius 1 is 1.03 bits per heavy atom. The first-order valence-electron chi connectivity index (χ1n) is 11.8. The Morgan fingerprint density at radius 3 is 2.41 bits per heavy atom. The highest BCUT2D eigenvalue weighted by molar-refractivity contribution is 7.92. The van der Waals surface area contributed by atoms with Gasteiger partial charge >= 0.3 is 6.18 Å². The van der Waals surface area contributed by atoms with E-state index < -0.39 is 32.7 Å². The lowest BCUT2D eigenvalue weighted by Gasteiger charge is -2.17. The van der Waals surface area contributed by atoms with Gasteiger partial charge in [0, 0.05) is 34.5 Å². The Hall–Kier alpha value is -3.96. The normalized spacial score (nSPS) is 12.9. The molecule has 0 saturated carbocycles. The summed E-state index contributed by atoms with van der Waals surface area (Å²) >= 11 is 1.05. The fourth-order valence-electron chi connectivity index (χ4n) is 4.22. The maximum absolute atomic E-state index is 13.7. The van der Waals surface area contributed by atoms with Crippen LogP contribution < -0.4 is 5.32 Å². The molecule has 2 N–H and O–H groups in total. The molecule has 1 atom stereocenters. The van der Waals surface area contributed by atoms with Gasteiger partial charge in [0.1, 0.15) is 5.25 Å². The summed E-state index contributed by atoms with van der Waals surface area (Å²) in [5, 5.41) is 3.69. The van der Waals surface area contributed by atoms with Gasteiger partial charge < -0.3 is 10.3 Å². The summed E-state index contributed by atoms with van der Waals surface area (Å²) in [6, 6.07) is 18.2. The number of nitrogens with zero attached hydrogens (tertiary/aromatic N) is 1. The third-order valence-electron chi connectivity index (χ3n) is 6.34. The van der Waals surface area contributed by atoms with Gasteiger partial charge in [-0.3, -0.25) is 4.79 Å². The van der Waals surface area contributed by atoms with Crippen molar-refractivity contribution >= 4 is 43.1 Å². The monoisotopic (exact) mass is 569 g/mol. The molecule has 5 aromatic rings. The van der Waals surface area contributed by atoms with Gasteiger partial charge in [0.25, 0.3) is 0 Å². The number of aryl methyl sites for hydroxylation is 1. The molecule has 0 fully saturated rings. The number of carbonyl (C=O) groups excluding carboxylic acids is 1. The van der Waals surface area contributed by atoms with E-state index in [0.29, 0.717) is 16.8 Å². The van der Waals surface area contributed by atoms with Crippen molar-refractivity contribution in [2.24, 2.45) is 0 Å². The second-order valence-corrected chi connectivity index (χ2v) is 12.0. The first kappa shape index (κ1) is 26.6. The van der Waals surface area contributed by atoms with Gasteiger partial charge in [-0.05, 0) is 42.8 Å². The van der Waals surface area contributed by atoms with Crippen LogP contribution in [0.4, 0.5) is 18.3 Å². The fourth-order valence-corrected chi connectivity index (χ4v) is 6.52. The van der Waals surface area contributed by atoms with Crippen molar-refractivity contribution < 1.29 is 26.4 Å². The van der Waals surface area contributed by atoms with Gasteiger partial charge in [-0.1, -0.05) is 48.0 Å². The van der Waals surface area contributed by atoms with Crippen LogP contribution in [0.15, 0.2) is 89.3 Å². The molecule has 2 heterocycles.